The molecule has 4 N–H and O–H groups in total. The van der Waals surface area contributed by atoms with Gasteiger partial charge in [-0.15, -0.1) is 0 Å². The molecule has 28 heavy (non-hydrogen) atoms. The average Bonchev–Trinajstić information content (AvgIpc) is 2.66. The van der Waals surface area contributed by atoms with E-state index in [0.717, 1.165) is 5.56 Å². The first-order valence-corrected chi connectivity index (χ1v) is 9.55. The van der Waals surface area contributed by atoms with Gasteiger partial charge in [-0.1, -0.05) is 35.3 Å². The van der Waals surface area contributed by atoms with E-state index in [2.05, 4.69) is 10.6 Å². The maximum Gasteiger partial charge on any atom is 0.328 e. The zero-order chi connectivity index (χ0) is 20.4. The molecule has 0 radical (unpaired) electrons. The molecule has 1 aliphatic rings. The van der Waals surface area contributed by atoms with E-state index in [9.17, 15) is 9.59 Å². The highest BCUT2D eigenvalue weighted by Gasteiger charge is 2.34. The van der Waals surface area contributed by atoms with Crippen LogP contribution >= 0.6 is 23.2 Å². The normalized spacial score (nSPS) is 19.2. The third-order valence-corrected chi connectivity index (χ3v) is 5.26. The summed E-state index contributed by atoms with van der Waals surface area (Å²) < 4.78 is 4.85. The monoisotopic (exact) mass is 421 g/mol. The summed E-state index contributed by atoms with van der Waals surface area (Å²) in [5, 5.41) is 6.89. The number of halogens is 2. The van der Waals surface area contributed by atoms with E-state index in [0.29, 0.717) is 33.3 Å². The summed E-state index contributed by atoms with van der Waals surface area (Å²) in [7, 11) is 1.32. The van der Waals surface area contributed by atoms with Crippen molar-refractivity contribution in [3.05, 3.63) is 63.1 Å². The van der Waals surface area contributed by atoms with Crippen molar-refractivity contribution >= 4 is 40.8 Å². The molecule has 0 spiro atoms. The van der Waals surface area contributed by atoms with Gasteiger partial charge in [-0.2, -0.15) is 0 Å². The van der Waals surface area contributed by atoms with Crippen molar-refractivity contribution in [3.8, 4) is 0 Å². The van der Waals surface area contributed by atoms with Crippen LogP contribution in [-0.2, 0) is 9.53 Å². The van der Waals surface area contributed by atoms with Crippen molar-refractivity contribution in [1.82, 2.24) is 5.32 Å². The molecular weight excluding hydrogens is 401 g/mol. The van der Waals surface area contributed by atoms with Crippen LogP contribution in [0, 0.1) is 0 Å². The number of amides is 1. The van der Waals surface area contributed by atoms with E-state index in [1.165, 1.54) is 7.11 Å². The van der Waals surface area contributed by atoms with E-state index in [-0.39, 0.29) is 11.9 Å². The average molecular weight is 422 g/mol. The van der Waals surface area contributed by atoms with E-state index in [1.54, 1.807) is 24.3 Å². The number of fused-ring (bicyclic) bond motifs is 1. The molecule has 0 aliphatic carbocycles. The van der Waals surface area contributed by atoms with E-state index in [1.807, 2.05) is 19.1 Å². The molecule has 3 atom stereocenters. The van der Waals surface area contributed by atoms with E-state index < -0.39 is 18.1 Å². The SMILES string of the molecule is COC(=O)[C@H]1C[C@H](NC(=O)c2ccc(C(C)N)cc2)c2c(Cl)cc(Cl)cc2N1. The van der Waals surface area contributed by atoms with Crippen molar-refractivity contribution < 1.29 is 14.3 Å². The lowest BCUT2D eigenvalue weighted by Gasteiger charge is -2.33. The number of carbonyl (C=O) groups is 2. The van der Waals surface area contributed by atoms with Crippen molar-refractivity contribution in [2.45, 2.75) is 31.5 Å². The molecule has 2 aromatic carbocycles. The minimum absolute atomic E-state index is 0.113. The second kappa shape index (κ2) is 8.39. The van der Waals surface area contributed by atoms with Crippen LogP contribution < -0.4 is 16.4 Å². The fraction of sp³-hybridized carbons (Fsp3) is 0.300. The standard InChI is InChI=1S/C20H21Cl2N3O3/c1-10(23)11-3-5-12(6-4-11)19(26)25-16-9-17(20(27)28-2)24-15-8-13(21)7-14(22)18(15)16/h3-8,10,16-17,24H,9,23H2,1-2H3,(H,25,26)/t10?,16-,17+/m0/s1. The number of carbonyl (C=O) groups excluding carboxylic acids is 2. The van der Waals surface area contributed by atoms with Gasteiger partial charge in [0.05, 0.1) is 13.2 Å². The van der Waals surface area contributed by atoms with Crippen LogP contribution in [0.1, 0.15) is 46.9 Å². The molecule has 148 valence electrons. The van der Waals surface area contributed by atoms with Gasteiger partial charge in [-0.3, -0.25) is 4.79 Å². The smallest absolute Gasteiger partial charge is 0.328 e. The fourth-order valence-electron chi connectivity index (χ4n) is 3.27. The Balaban J connectivity index is 1.89. The number of hydrogen-bond donors (Lipinski definition) is 3. The number of rotatable bonds is 4. The second-order valence-corrected chi connectivity index (χ2v) is 7.59. The first kappa shape index (κ1) is 20.5. The number of methoxy groups -OCH3 is 1. The van der Waals surface area contributed by atoms with Crippen LogP contribution in [0.5, 0.6) is 0 Å². The highest BCUT2D eigenvalue weighted by molar-refractivity contribution is 6.35. The molecule has 0 fully saturated rings. The maximum atomic E-state index is 12.8. The second-order valence-electron chi connectivity index (χ2n) is 6.74. The van der Waals surface area contributed by atoms with Gasteiger partial charge in [0.15, 0.2) is 0 Å². The number of nitrogens with two attached hydrogens (primary N) is 1. The largest absolute Gasteiger partial charge is 0.467 e. The molecule has 1 unspecified atom stereocenters. The number of benzene rings is 2. The van der Waals surface area contributed by atoms with Gasteiger partial charge in [0.2, 0.25) is 0 Å². The Hall–Kier alpha value is -2.28. The van der Waals surface area contributed by atoms with Gasteiger partial charge >= 0.3 is 5.97 Å². The highest BCUT2D eigenvalue weighted by Crippen LogP contribution is 2.40. The topological polar surface area (TPSA) is 93.5 Å². The van der Waals surface area contributed by atoms with Gasteiger partial charge in [0, 0.05) is 39.3 Å². The fourth-order valence-corrected chi connectivity index (χ4v) is 3.89. The summed E-state index contributed by atoms with van der Waals surface area (Å²) in [5.74, 6) is -0.703. The molecule has 6 nitrogen and oxygen atoms in total. The molecule has 0 saturated heterocycles. The van der Waals surface area contributed by atoms with Gasteiger partial charge in [-0.05, 0) is 36.8 Å². The lowest BCUT2D eigenvalue weighted by atomic mass is 9.92. The highest BCUT2D eigenvalue weighted by atomic mass is 35.5. The summed E-state index contributed by atoms with van der Waals surface area (Å²) in [6.07, 6.45) is 0.296. The van der Waals surface area contributed by atoms with Gasteiger partial charge in [-0.25, -0.2) is 4.79 Å². The van der Waals surface area contributed by atoms with E-state index >= 15 is 0 Å². The van der Waals surface area contributed by atoms with Crippen LogP contribution in [0.4, 0.5) is 5.69 Å². The molecule has 0 saturated carbocycles. The van der Waals surface area contributed by atoms with Crippen molar-refractivity contribution in [1.29, 1.82) is 0 Å². The maximum absolute atomic E-state index is 12.8. The van der Waals surface area contributed by atoms with Crippen LogP contribution in [0.15, 0.2) is 36.4 Å². The lowest BCUT2D eigenvalue weighted by Crippen LogP contribution is -2.41. The Morgan fingerprint density at radius 1 is 1.25 bits per heavy atom. The third-order valence-electron chi connectivity index (χ3n) is 4.73. The van der Waals surface area contributed by atoms with Crippen LogP contribution in [0.25, 0.3) is 0 Å². The molecule has 1 heterocycles. The van der Waals surface area contributed by atoms with Crippen molar-refractivity contribution in [2.75, 3.05) is 12.4 Å². The quantitative estimate of drug-likeness (QED) is 0.651. The number of esters is 1. The van der Waals surface area contributed by atoms with Crippen LogP contribution in [0.2, 0.25) is 10.0 Å². The van der Waals surface area contributed by atoms with Gasteiger partial charge < -0.3 is 21.1 Å². The summed E-state index contributed by atoms with van der Waals surface area (Å²) in [5.41, 5.74) is 8.56. The molecule has 8 heteroatoms. The lowest BCUT2D eigenvalue weighted by molar-refractivity contribution is -0.141. The van der Waals surface area contributed by atoms with Gasteiger partial charge in [0.1, 0.15) is 6.04 Å². The molecule has 0 aromatic heterocycles. The van der Waals surface area contributed by atoms with Crippen LogP contribution in [0.3, 0.4) is 0 Å². The van der Waals surface area contributed by atoms with Gasteiger partial charge in [0.25, 0.3) is 5.91 Å². The Bertz CT molecular complexity index is 900. The number of ether oxygens (including phenoxy) is 1. The number of hydrogen-bond acceptors (Lipinski definition) is 5. The van der Waals surface area contributed by atoms with E-state index in [4.69, 9.17) is 33.7 Å². The molecule has 3 rings (SSSR count). The predicted octanol–water partition coefficient (Wildman–Crippen LogP) is 3.84. The Morgan fingerprint density at radius 2 is 1.93 bits per heavy atom. The minimum atomic E-state index is -0.627. The van der Waals surface area contributed by atoms with Crippen LogP contribution in [-0.4, -0.2) is 25.0 Å². The Morgan fingerprint density at radius 3 is 2.54 bits per heavy atom. The first-order chi connectivity index (χ1) is 13.3. The summed E-state index contributed by atoms with van der Waals surface area (Å²) in [6, 6.07) is 9.14. The molecule has 1 amide bonds. The first-order valence-electron chi connectivity index (χ1n) is 8.80. The minimum Gasteiger partial charge on any atom is -0.467 e. The predicted molar refractivity (Wildman–Crippen MR) is 110 cm³/mol. The molecule has 1 aliphatic heterocycles. The Labute approximate surface area is 173 Å². The zero-order valence-electron chi connectivity index (χ0n) is 15.5. The summed E-state index contributed by atoms with van der Waals surface area (Å²) in [4.78, 5) is 24.9. The molecular formula is C20H21Cl2N3O3. The zero-order valence-corrected chi connectivity index (χ0v) is 17.0. The number of nitrogens with one attached hydrogen (secondary N) is 2. The molecule has 0 bridgehead atoms. The summed E-state index contributed by atoms with van der Waals surface area (Å²) in [6.45, 7) is 1.88. The number of anilines is 1. The Kier molecular flexibility index (Phi) is 6.13. The van der Waals surface area contributed by atoms with Crippen molar-refractivity contribution in [2.24, 2.45) is 5.73 Å². The molecule has 2 aromatic rings. The van der Waals surface area contributed by atoms with Crippen molar-refractivity contribution in [3.63, 3.8) is 0 Å². The third kappa shape index (κ3) is 4.24. The summed E-state index contributed by atoms with van der Waals surface area (Å²) >= 11 is 12.5.